The van der Waals surface area contributed by atoms with Crippen molar-refractivity contribution in [3.63, 3.8) is 0 Å². The van der Waals surface area contributed by atoms with Crippen LogP contribution in [0.15, 0.2) is 36.4 Å². The summed E-state index contributed by atoms with van der Waals surface area (Å²) in [5, 5.41) is 2.13. The van der Waals surface area contributed by atoms with Gasteiger partial charge in [0.1, 0.15) is 5.82 Å². The SMILES string of the molecule is Nc1ccc(CC(=O)Nc2cc(F)cc(F)c2F)cc1. The van der Waals surface area contributed by atoms with E-state index in [-0.39, 0.29) is 6.42 Å². The van der Waals surface area contributed by atoms with Crippen molar-refractivity contribution in [2.75, 3.05) is 11.1 Å². The third kappa shape index (κ3) is 3.28. The lowest BCUT2D eigenvalue weighted by atomic mass is 10.1. The monoisotopic (exact) mass is 280 g/mol. The molecule has 3 nitrogen and oxygen atoms in total. The van der Waals surface area contributed by atoms with E-state index in [9.17, 15) is 18.0 Å². The summed E-state index contributed by atoms with van der Waals surface area (Å²) in [6.07, 6.45) is -0.0577. The first-order valence-corrected chi connectivity index (χ1v) is 5.74. The zero-order chi connectivity index (χ0) is 14.7. The van der Waals surface area contributed by atoms with Gasteiger partial charge in [-0.25, -0.2) is 13.2 Å². The summed E-state index contributed by atoms with van der Waals surface area (Å²) in [5.74, 6) is -4.20. The van der Waals surface area contributed by atoms with E-state index in [2.05, 4.69) is 5.32 Å². The van der Waals surface area contributed by atoms with Gasteiger partial charge in [-0.15, -0.1) is 0 Å². The summed E-state index contributed by atoms with van der Waals surface area (Å²) < 4.78 is 39.3. The molecule has 6 heteroatoms. The summed E-state index contributed by atoms with van der Waals surface area (Å²) >= 11 is 0. The number of halogens is 3. The van der Waals surface area contributed by atoms with Crippen molar-refractivity contribution in [3.05, 3.63) is 59.4 Å². The number of benzene rings is 2. The van der Waals surface area contributed by atoms with Crippen molar-refractivity contribution >= 4 is 17.3 Å². The van der Waals surface area contributed by atoms with Crippen LogP contribution in [0.4, 0.5) is 24.5 Å². The van der Waals surface area contributed by atoms with E-state index in [1.54, 1.807) is 24.3 Å². The summed E-state index contributed by atoms with van der Waals surface area (Å²) in [5.41, 5.74) is 6.17. The van der Waals surface area contributed by atoms with Crippen molar-refractivity contribution < 1.29 is 18.0 Å². The first kappa shape index (κ1) is 13.9. The zero-order valence-corrected chi connectivity index (χ0v) is 10.3. The lowest BCUT2D eigenvalue weighted by molar-refractivity contribution is -0.115. The number of hydrogen-bond donors (Lipinski definition) is 2. The van der Waals surface area contributed by atoms with Gasteiger partial charge in [-0.3, -0.25) is 4.79 Å². The molecule has 3 N–H and O–H groups in total. The van der Waals surface area contributed by atoms with Gasteiger partial charge in [-0.1, -0.05) is 12.1 Å². The summed E-state index contributed by atoms with van der Waals surface area (Å²) in [6.45, 7) is 0. The first-order chi connectivity index (χ1) is 9.45. The maximum atomic E-state index is 13.4. The highest BCUT2D eigenvalue weighted by Gasteiger charge is 2.13. The highest BCUT2D eigenvalue weighted by Crippen LogP contribution is 2.19. The molecule has 0 aliphatic carbocycles. The van der Waals surface area contributed by atoms with Gasteiger partial charge >= 0.3 is 0 Å². The highest BCUT2D eigenvalue weighted by atomic mass is 19.2. The van der Waals surface area contributed by atoms with Crippen LogP contribution in [0.25, 0.3) is 0 Å². The van der Waals surface area contributed by atoms with Crippen LogP contribution in [-0.4, -0.2) is 5.91 Å². The molecule has 0 spiro atoms. The maximum absolute atomic E-state index is 13.4. The maximum Gasteiger partial charge on any atom is 0.228 e. The third-order valence-corrected chi connectivity index (χ3v) is 2.61. The van der Waals surface area contributed by atoms with Crippen molar-refractivity contribution in [3.8, 4) is 0 Å². The summed E-state index contributed by atoms with van der Waals surface area (Å²) in [7, 11) is 0. The summed E-state index contributed by atoms with van der Waals surface area (Å²) in [6, 6.07) is 7.63. The molecule has 20 heavy (non-hydrogen) atoms. The topological polar surface area (TPSA) is 55.1 Å². The fourth-order valence-electron chi connectivity index (χ4n) is 1.66. The fourth-order valence-corrected chi connectivity index (χ4v) is 1.66. The van der Waals surface area contributed by atoms with E-state index in [0.29, 0.717) is 17.3 Å². The van der Waals surface area contributed by atoms with Crippen molar-refractivity contribution in [2.24, 2.45) is 0 Å². The highest BCUT2D eigenvalue weighted by molar-refractivity contribution is 5.92. The van der Waals surface area contributed by atoms with Crippen molar-refractivity contribution in [1.82, 2.24) is 0 Å². The fraction of sp³-hybridized carbons (Fsp3) is 0.0714. The lowest BCUT2D eigenvalue weighted by Crippen LogP contribution is -2.16. The average Bonchev–Trinajstić information content (AvgIpc) is 2.38. The Hall–Kier alpha value is -2.50. The molecule has 0 aliphatic rings. The minimum atomic E-state index is -1.35. The minimum Gasteiger partial charge on any atom is -0.399 e. The van der Waals surface area contributed by atoms with E-state index >= 15 is 0 Å². The molecule has 0 atom stereocenters. The molecule has 104 valence electrons. The molecule has 2 aromatic carbocycles. The number of anilines is 2. The largest absolute Gasteiger partial charge is 0.399 e. The molecular formula is C14H11F3N2O. The Bertz CT molecular complexity index is 642. The summed E-state index contributed by atoms with van der Waals surface area (Å²) in [4.78, 5) is 11.7. The van der Waals surface area contributed by atoms with E-state index < -0.39 is 29.0 Å². The predicted octanol–water partition coefficient (Wildman–Crippen LogP) is 2.87. The molecule has 0 radical (unpaired) electrons. The molecule has 2 aromatic rings. The van der Waals surface area contributed by atoms with Gasteiger partial charge in [0.25, 0.3) is 0 Å². The normalized spacial score (nSPS) is 10.3. The second-order valence-corrected chi connectivity index (χ2v) is 4.22. The second-order valence-electron chi connectivity index (χ2n) is 4.22. The van der Waals surface area contributed by atoms with Crippen LogP contribution >= 0.6 is 0 Å². The number of nitrogens with two attached hydrogens (primary N) is 1. The number of amides is 1. The Balaban J connectivity index is 2.10. The van der Waals surface area contributed by atoms with Gasteiger partial charge in [0.05, 0.1) is 12.1 Å². The Kier molecular flexibility index (Phi) is 3.93. The molecule has 2 rings (SSSR count). The van der Waals surface area contributed by atoms with E-state index in [1.165, 1.54) is 0 Å². The lowest BCUT2D eigenvalue weighted by Gasteiger charge is -2.07. The van der Waals surface area contributed by atoms with Gasteiger partial charge in [0, 0.05) is 17.8 Å². The standard InChI is InChI=1S/C14H11F3N2O/c15-9-6-11(16)14(17)12(7-9)19-13(20)5-8-1-3-10(18)4-2-8/h1-4,6-7H,5,18H2,(H,19,20). The third-order valence-electron chi connectivity index (χ3n) is 2.61. The Morgan fingerprint density at radius 3 is 2.40 bits per heavy atom. The number of nitrogen functional groups attached to an aromatic ring is 1. The molecular weight excluding hydrogens is 269 g/mol. The van der Waals surface area contributed by atoms with Gasteiger partial charge in [0.15, 0.2) is 11.6 Å². The molecule has 0 saturated carbocycles. The minimum absolute atomic E-state index is 0.0577. The average molecular weight is 280 g/mol. The van der Waals surface area contributed by atoms with E-state index in [1.807, 2.05) is 0 Å². The van der Waals surface area contributed by atoms with Gasteiger partial charge < -0.3 is 11.1 Å². The van der Waals surface area contributed by atoms with Crippen LogP contribution in [0.1, 0.15) is 5.56 Å². The molecule has 0 saturated heterocycles. The molecule has 0 fully saturated rings. The molecule has 1 amide bonds. The number of hydrogen-bond acceptors (Lipinski definition) is 2. The molecule has 0 aliphatic heterocycles. The van der Waals surface area contributed by atoms with Crippen molar-refractivity contribution in [2.45, 2.75) is 6.42 Å². The Morgan fingerprint density at radius 2 is 1.75 bits per heavy atom. The van der Waals surface area contributed by atoms with Crippen LogP contribution in [0.5, 0.6) is 0 Å². The van der Waals surface area contributed by atoms with Gasteiger partial charge in [-0.2, -0.15) is 0 Å². The second kappa shape index (κ2) is 5.64. The quantitative estimate of drug-likeness (QED) is 0.671. The van der Waals surface area contributed by atoms with Crippen LogP contribution < -0.4 is 11.1 Å². The number of rotatable bonds is 3. The molecule has 0 unspecified atom stereocenters. The molecule has 0 heterocycles. The van der Waals surface area contributed by atoms with Crippen molar-refractivity contribution in [1.29, 1.82) is 0 Å². The molecule has 0 bridgehead atoms. The van der Waals surface area contributed by atoms with Gasteiger partial charge in [0.2, 0.25) is 5.91 Å². The van der Waals surface area contributed by atoms with Crippen LogP contribution in [0.2, 0.25) is 0 Å². The first-order valence-electron chi connectivity index (χ1n) is 5.74. The Labute approximate surface area is 113 Å². The van der Waals surface area contributed by atoms with Gasteiger partial charge in [-0.05, 0) is 17.7 Å². The molecule has 0 aromatic heterocycles. The smallest absolute Gasteiger partial charge is 0.228 e. The van der Waals surface area contributed by atoms with E-state index in [4.69, 9.17) is 5.73 Å². The number of nitrogens with one attached hydrogen (secondary N) is 1. The number of carbonyl (C=O) groups is 1. The number of carbonyl (C=O) groups excluding carboxylic acids is 1. The predicted molar refractivity (Wildman–Crippen MR) is 69.5 cm³/mol. The van der Waals surface area contributed by atoms with Crippen LogP contribution in [0.3, 0.4) is 0 Å². The zero-order valence-electron chi connectivity index (χ0n) is 10.3. The van der Waals surface area contributed by atoms with Crippen LogP contribution in [-0.2, 0) is 11.2 Å². The Morgan fingerprint density at radius 1 is 1.10 bits per heavy atom. The van der Waals surface area contributed by atoms with E-state index in [0.717, 1.165) is 6.07 Å². The van der Waals surface area contributed by atoms with Crippen LogP contribution in [0, 0.1) is 17.5 Å².